The Kier molecular flexibility index (Phi) is 4.06. The molecule has 4 aromatic rings. The number of aromatic amines is 1. The van der Waals surface area contributed by atoms with Crippen molar-refractivity contribution in [3.8, 4) is 0 Å². The molecule has 148 valence electrons. The van der Waals surface area contributed by atoms with Crippen LogP contribution in [-0.4, -0.2) is 39.1 Å². The summed E-state index contributed by atoms with van der Waals surface area (Å²) in [6.45, 7) is 1.28. The van der Waals surface area contributed by atoms with Crippen molar-refractivity contribution < 1.29 is 18.3 Å². The Morgan fingerprint density at radius 3 is 2.97 bits per heavy atom. The second kappa shape index (κ2) is 6.63. The molecule has 1 aliphatic heterocycles. The highest BCUT2D eigenvalue weighted by Gasteiger charge is 2.24. The zero-order valence-corrected chi connectivity index (χ0v) is 15.5. The predicted octanol–water partition coefficient (Wildman–Crippen LogP) is 3.48. The molecule has 9 heteroatoms. The third-order valence-corrected chi connectivity index (χ3v) is 5.34. The van der Waals surface area contributed by atoms with E-state index in [1.165, 1.54) is 10.9 Å². The van der Waals surface area contributed by atoms with Crippen LogP contribution < -0.4 is 5.32 Å². The summed E-state index contributed by atoms with van der Waals surface area (Å²) in [5, 5.41) is 14.8. The molecular formula is C20H17F2N5O2. The number of fused-ring (bicyclic) bond motifs is 2. The van der Waals surface area contributed by atoms with Gasteiger partial charge in [-0.05, 0) is 24.6 Å². The summed E-state index contributed by atoms with van der Waals surface area (Å²) in [7, 11) is 1.58. The Balaban J connectivity index is 1.50. The van der Waals surface area contributed by atoms with E-state index in [1.807, 2.05) is 0 Å². The number of hydrogen-bond acceptors (Lipinski definition) is 4. The Hall–Kier alpha value is -3.33. The van der Waals surface area contributed by atoms with Gasteiger partial charge in [-0.15, -0.1) is 0 Å². The molecule has 7 nitrogen and oxygen atoms in total. The van der Waals surface area contributed by atoms with Gasteiger partial charge in [0.25, 0.3) is 5.91 Å². The van der Waals surface area contributed by atoms with Crippen molar-refractivity contribution in [1.82, 2.24) is 20.0 Å². The van der Waals surface area contributed by atoms with Gasteiger partial charge in [0.05, 0.1) is 34.9 Å². The summed E-state index contributed by atoms with van der Waals surface area (Å²) in [6.07, 6.45) is 2.15. The first-order chi connectivity index (χ1) is 14.0. The second-order valence-electron chi connectivity index (χ2n) is 7.13. The van der Waals surface area contributed by atoms with Crippen molar-refractivity contribution >= 4 is 33.4 Å². The third-order valence-electron chi connectivity index (χ3n) is 5.34. The first-order valence-electron chi connectivity index (χ1n) is 9.19. The standard InChI is InChI=1S/C20H17F2N5O2/c1-27-16-7-14(21)17(18(22)13(16)8-23-27)20(28)24-11-2-3-15-12(6-11)19(26-25-15)10-4-5-29-9-10/h2-3,6-8,10H,4-5,9H2,1H3,(H,24,28)(H,25,26). The van der Waals surface area contributed by atoms with Gasteiger partial charge in [-0.25, -0.2) is 8.78 Å². The lowest BCUT2D eigenvalue weighted by molar-refractivity contribution is 0.101. The fourth-order valence-corrected chi connectivity index (χ4v) is 3.79. The molecule has 0 saturated carbocycles. The van der Waals surface area contributed by atoms with Crippen LogP contribution in [0, 0.1) is 11.6 Å². The molecule has 1 atom stereocenters. The van der Waals surface area contributed by atoms with Crippen molar-refractivity contribution in [2.45, 2.75) is 12.3 Å². The zero-order valence-electron chi connectivity index (χ0n) is 15.5. The van der Waals surface area contributed by atoms with E-state index in [1.54, 1.807) is 25.2 Å². The summed E-state index contributed by atoms with van der Waals surface area (Å²) in [4.78, 5) is 12.7. The van der Waals surface area contributed by atoms with Gasteiger partial charge in [-0.1, -0.05) is 0 Å². The maximum absolute atomic E-state index is 14.8. The van der Waals surface area contributed by atoms with Gasteiger partial charge < -0.3 is 10.1 Å². The van der Waals surface area contributed by atoms with Gasteiger partial charge in [0.15, 0.2) is 0 Å². The van der Waals surface area contributed by atoms with Crippen molar-refractivity contribution in [3.05, 3.63) is 53.4 Å². The number of benzene rings is 2. The monoisotopic (exact) mass is 397 g/mol. The molecule has 2 aromatic carbocycles. The van der Waals surface area contributed by atoms with Crippen molar-refractivity contribution in [1.29, 1.82) is 0 Å². The molecule has 29 heavy (non-hydrogen) atoms. The molecule has 5 rings (SSSR count). The number of aryl methyl sites for hydroxylation is 1. The second-order valence-corrected chi connectivity index (χ2v) is 7.13. The van der Waals surface area contributed by atoms with E-state index >= 15 is 0 Å². The first kappa shape index (κ1) is 17.7. The normalized spacial score (nSPS) is 16.7. The Labute approximate surface area is 163 Å². The number of anilines is 1. The summed E-state index contributed by atoms with van der Waals surface area (Å²) in [5.41, 5.74) is 1.75. The molecule has 1 aliphatic rings. The van der Waals surface area contributed by atoms with Crippen LogP contribution in [0.15, 0.2) is 30.5 Å². The molecule has 2 aromatic heterocycles. The van der Waals surface area contributed by atoms with E-state index in [0.29, 0.717) is 18.9 Å². The number of nitrogens with one attached hydrogen (secondary N) is 2. The molecular weight excluding hydrogens is 380 g/mol. The lowest BCUT2D eigenvalue weighted by Gasteiger charge is -2.09. The number of carbonyl (C=O) groups excluding carboxylic acids is 1. The number of nitrogens with zero attached hydrogens (tertiary/aromatic N) is 3. The van der Waals surface area contributed by atoms with Crippen LogP contribution in [-0.2, 0) is 11.8 Å². The zero-order chi connectivity index (χ0) is 20.1. The van der Waals surface area contributed by atoms with Gasteiger partial charge in [0.1, 0.15) is 17.2 Å². The maximum Gasteiger partial charge on any atom is 0.261 e. The molecule has 0 aliphatic carbocycles. The van der Waals surface area contributed by atoms with E-state index < -0.39 is 23.1 Å². The van der Waals surface area contributed by atoms with E-state index in [2.05, 4.69) is 20.6 Å². The minimum absolute atomic E-state index is 0.0906. The Bertz CT molecular complexity index is 1260. The largest absolute Gasteiger partial charge is 0.381 e. The van der Waals surface area contributed by atoms with Gasteiger partial charge in [0.2, 0.25) is 0 Å². The molecule has 3 heterocycles. The molecule has 1 amide bonds. The van der Waals surface area contributed by atoms with E-state index in [9.17, 15) is 13.6 Å². The molecule has 0 radical (unpaired) electrons. The van der Waals surface area contributed by atoms with Crippen LogP contribution in [0.25, 0.3) is 21.8 Å². The van der Waals surface area contributed by atoms with Gasteiger partial charge >= 0.3 is 0 Å². The smallest absolute Gasteiger partial charge is 0.261 e. The minimum atomic E-state index is -0.940. The quantitative estimate of drug-likeness (QED) is 0.554. The topological polar surface area (TPSA) is 84.8 Å². The summed E-state index contributed by atoms with van der Waals surface area (Å²) in [5.74, 6) is -2.56. The number of aromatic nitrogens is 4. The van der Waals surface area contributed by atoms with E-state index in [4.69, 9.17) is 4.74 Å². The fourth-order valence-electron chi connectivity index (χ4n) is 3.79. The highest BCUT2D eigenvalue weighted by Crippen LogP contribution is 2.31. The number of amides is 1. The third kappa shape index (κ3) is 2.85. The lowest BCUT2D eigenvalue weighted by atomic mass is 10.0. The van der Waals surface area contributed by atoms with Crippen molar-refractivity contribution in [2.24, 2.45) is 7.05 Å². The van der Waals surface area contributed by atoms with Gasteiger partial charge in [0, 0.05) is 36.7 Å². The number of rotatable bonds is 3. The fraction of sp³-hybridized carbons (Fsp3) is 0.250. The molecule has 1 fully saturated rings. The van der Waals surface area contributed by atoms with Gasteiger partial charge in [-0.3, -0.25) is 14.6 Å². The molecule has 2 N–H and O–H groups in total. The van der Waals surface area contributed by atoms with Crippen LogP contribution >= 0.6 is 0 Å². The summed E-state index contributed by atoms with van der Waals surface area (Å²) in [6, 6.07) is 6.29. The Morgan fingerprint density at radius 2 is 2.17 bits per heavy atom. The molecule has 1 unspecified atom stereocenters. The van der Waals surface area contributed by atoms with Crippen LogP contribution in [0.1, 0.15) is 28.4 Å². The van der Waals surface area contributed by atoms with Crippen LogP contribution in [0.4, 0.5) is 14.5 Å². The van der Waals surface area contributed by atoms with Crippen LogP contribution in [0.3, 0.4) is 0 Å². The number of halogens is 2. The predicted molar refractivity (Wildman–Crippen MR) is 103 cm³/mol. The van der Waals surface area contributed by atoms with E-state index in [0.717, 1.165) is 29.1 Å². The van der Waals surface area contributed by atoms with Crippen LogP contribution in [0.5, 0.6) is 0 Å². The molecule has 0 bridgehead atoms. The minimum Gasteiger partial charge on any atom is -0.381 e. The van der Waals surface area contributed by atoms with Crippen molar-refractivity contribution in [2.75, 3.05) is 18.5 Å². The number of carbonyl (C=O) groups is 1. The Morgan fingerprint density at radius 1 is 1.31 bits per heavy atom. The highest BCUT2D eigenvalue weighted by molar-refractivity contribution is 6.07. The summed E-state index contributed by atoms with van der Waals surface area (Å²) >= 11 is 0. The summed E-state index contributed by atoms with van der Waals surface area (Å²) < 4.78 is 36.1. The maximum atomic E-state index is 14.8. The van der Waals surface area contributed by atoms with E-state index in [-0.39, 0.29) is 16.8 Å². The average molecular weight is 397 g/mol. The SMILES string of the molecule is Cn1ncc2c(F)c(C(=O)Nc3ccc4[nH]nc(C5CCOC5)c4c3)c(F)cc21. The van der Waals surface area contributed by atoms with Crippen molar-refractivity contribution in [3.63, 3.8) is 0 Å². The lowest BCUT2D eigenvalue weighted by Crippen LogP contribution is -2.16. The number of H-pyrrole nitrogens is 1. The highest BCUT2D eigenvalue weighted by atomic mass is 19.1. The molecule has 1 saturated heterocycles. The number of ether oxygens (including phenoxy) is 1. The molecule has 0 spiro atoms. The average Bonchev–Trinajstić information content (AvgIpc) is 3.42. The first-order valence-corrected chi connectivity index (χ1v) is 9.19. The van der Waals surface area contributed by atoms with Gasteiger partial charge in [-0.2, -0.15) is 10.2 Å². The van der Waals surface area contributed by atoms with Crippen LogP contribution in [0.2, 0.25) is 0 Å². The number of hydrogen-bond donors (Lipinski definition) is 2.